The summed E-state index contributed by atoms with van der Waals surface area (Å²) in [5.41, 5.74) is 0. The van der Waals surface area contributed by atoms with Gasteiger partial charge >= 0.3 is 0 Å². The van der Waals surface area contributed by atoms with Crippen molar-refractivity contribution in [1.29, 1.82) is 0 Å². The van der Waals surface area contributed by atoms with Crippen LogP contribution in [-0.2, 0) is 4.79 Å². The number of piperidine rings is 1. The molecule has 2 atom stereocenters. The Hall–Kier alpha value is -1.75. The summed E-state index contributed by atoms with van der Waals surface area (Å²) in [5, 5.41) is 6.34. The molecular weight excluding hydrogens is 256 g/mol. The van der Waals surface area contributed by atoms with Crippen molar-refractivity contribution in [2.45, 2.75) is 19.4 Å². The number of rotatable bonds is 5. The summed E-state index contributed by atoms with van der Waals surface area (Å²) in [7, 11) is 1.58. The van der Waals surface area contributed by atoms with Gasteiger partial charge in [-0.05, 0) is 37.6 Å². The molecule has 0 saturated carbocycles. The summed E-state index contributed by atoms with van der Waals surface area (Å²) >= 11 is 0. The molecule has 5 nitrogen and oxygen atoms in total. The fraction of sp³-hybridized carbons (Fsp3) is 0.533. The van der Waals surface area contributed by atoms with Gasteiger partial charge in [0.25, 0.3) is 5.91 Å². The molecule has 1 aliphatic rings. The van der Waals surface area contributed by atoms with Crippen LogP contribution in [0.1, 0.15) is 13.3 Å². The molecule has 0 aromatic heterocycles. The van der Waals surface area contributed by atoms with Gasteiger partial charge in [-0.1, -0.05) is 19.1 Å². The van der Waals surface area contributed by atoms with Gasteiger partial charge in [-0.15, -0.1) is 0 Å². The number of carbonyl (C=O) groups is 1. The zero-order chi connectivity index (χ0) is 14.4. The molecule has 0 bridgehead atoms. The topological polar surface area (TPSA) is 59.6 Å². The quantitative estimate of drug-likeness (QED) is 0.849. The molecule has 1 saturated heterocycles. The van der Waals surface area contributed by atoms with Gasteiger partial charge in [0.15, 0.2) is 18.1 Å². The molecule has 5 heteroatoms. The first-order valence-corrected chi connectivity index (χ1v) is 6.96. The molecule has 2 unspecified atom stereocenters. The van der Waals surface area contributed by atoms with E-state index in [4.69, 9.17) is 9.47 Å². The summed E-state index contributed by atoms with van der Waals surface area (Å²) in [4.78, 5) is 11.9. The average molecular weight is 278 g/mol. The summed E-state index contributed by atoms with van der Waals surface area (Å²) < 4.78 is 10.7. The van der Waals surface area contributed by atoms with Gasteiger partial charge in [0.2, 0.25) is 0 Å². The summed E-state index contributed by atoms with van der Waals surface area (Å²) in [6.45, 7) is 4.04. The highest BCUT2D eigenvalue weighted by molar-refractivity contribution is 5.78. The van der Waals surface area contributed by atoms with E-state index < -0.39 is 0 Å². The van der Waals surface area contributed by atoms with E-state index in [1.165, 1.54) is 0 Å². The van der Waals surface area contributed by atoms with E-state index in [0.29, 0.717) is 17.4 Å². The molecule has 1 aliphatic heterocycles. The van der Waals surface area contributed by atoms with E-state index in [9.17, 15) is 4.79 Å². The normalized spacial score (nSPS) is 22.1. The zero-order valence-electron chi connectivity index (χ0n) is 12.0. The van der Waals surface area contributed by atoms with Gasteiger partial charge < -0.3 is 20.1 Å². The third-order valence-electron chi connectivity index (χ3n) is 3.56. The Bertz CT molecular complexity index is 450. The van der Waals surface area contributed by atoms with E-state index in [2.05, 4.69) is 17.6 Å². The first-order chi connectivity index (χ1) is 9.70. The summed E-state index contributed by atoms with van der Waals surface area (Å²) in [6.07, 6.45) is 0.960. The highest BCUT2D eigenvalue weighted by Crippen LogP contribution is 2.25. The SMILES string of the molecule is COc1ccccc1OCC(=O)NC1CCNCC1C. The number of hydrogen-bond donors (Lipinski definition) is 2. The molecule has 110 valence electrons. The van der Waals surface area contributed by atoms with Gasteiger partial charge in [0, 0.05) is 6.04 Å². The van der Waals surface area contributed by atoms with Crippen LogP contribution in [0.4, 0.5) is 0 Å². The molecule has 1 fully saturated rings. The molecule has 0 spiro atoms. The van der Waals surface area contributed by atoms with Gasteiger partial charge in [-0.2, -0.15) is 0 Å². The molecule has 1 heterocycles. The molecule has 2 N–H and O–H groups in total. The molecule has 20 heavy (non-hydrogen) atoms. The van der Waals surface area contributed by atoms with Crippen LogP contribution in [0.25, 0.3) is 0 Å². The van der Waals surface area contributed by atoms with E-state index >= 15 is 0 Å². The van der Waals surface area contributed by atoms with Crippen molar-refractivity contribution in [3.8, 4) is 11.5 Å². The fourth-order valence-electron chi connectivity index (χ4n) is 2.36. The number of carbonyl (C=O) groups excluding carboxylic acids is 1. The second kappa shape index (κ2) is 7.14. The molecular formula is C15H22N2O3. The maximum absolute atomic E-state index is 11.9. The predicted molar refractivity (Wildman–Crippen MR) is 77.1 cm³/mol. The molecule has 2 rings (SSSR count). The number of methoxy groups -OCH3 is 1. The second-order valence-electron chi connectivity index (χ2n) is 5.08. The lowest BCUT2D eigenvalue weighted by Crippen LogP contribution is -2.49. The highest BCUT2D eigenvalue weighted by Gasteiger charge is 2.22. The number of ether oxygens (including phenoxy) is 2. The zero-order valence-corrected chi connectivity index (χ0v) is 12.0. The second-order valence-corrected chi connectivity index (χ2v) is 5.08. The molecule has 0 aliphatic carbocycles. The molecule has 0 radical (unpaired) electrons. The van der Waals surface area contributed by atoms with Crippen LogP contribution in [0.15, 0.2) is 24.3 Å². The third-order valence-corrected chi connectivity index (χ3v) is 3.56. The van der Waals surface area contributed by atoms with Crippen LogP contribution in [0, 0.1) is 5.92 Å². The number of hydrogen-bond acceptors (Lipinski definition) is 4. The van der Waals surface area contributed by atoms with Crippen LogP contribution < -0.4 is 20.1 Å². The maximum atomic E-state index is 11.9. The molecule has 1 aromatic rings. The smallest absolute Gasteiger partial charge is 0.258 e. The Morgan fingerprint density at radius 3 is 2.85 bits per heavy atom. The summed E-state index contributed by atoms with van der Waals surface area (Å²) in [6, 6.07) is 7.54. The van der Waals surface area contributed by atoms with E-state index in [1.54, 1.807) is 13.2 Å². The Labute approximate surface area is 119 Å². The number of benzene rings is 1. The Morgan fingerprint density at radius 1 is 1.40 bits per heavy atom. The summed E-state index contributed by atoms with van der Waals surface area (Å²) in [5.74, 6) is 1.58. The van der Waals surface area contributed by atoms with Gasteiger partial charge in [-0.25, -0.2) is 0 Å². The monoisotopic (exact) mass is 278 g/mol. The lowest BCUT2D eigenvalue weighted by molar-refractivity contribution is -0.124. The third kappa shape index (κ3) is 3.87. The Morgan fingerprint density at radius 2 is 2.15 bits per heavy atom. The van der Waals surface area contributed by atoms with Gasteiger partial charge in [-0.3, -0.25) is 4.79 Å². The van der Waals surface area contributed by atoms with Crippen molar-refractivity contribution in [2.75, 3.05) is 26.8 Å². The van der Waals surface area contributed by atoms with Crippen molar-refractivity contribution in [3.05, 3.63) is 24.3 Å². The van der Waals surface area contributed by atoms with Gasteiger partial charge in [0.05, 0.1) is 7.11 Å². The molecule has 1 aromatic carbocycles. The van der Waals surface area contributed by atoms with Crippen molar-refractivity contribution >= 4 is 5.91 Å². The number of amides is 1. The van der Waals surface area contributed by atoms with Crippen molar-refractivity contribution in [3.63, 3.8) is 0 Å². The van der Waals surface area contributed by atoms with Crippen LogP contribution in [0.5, 0.6) is 11.5 Å². The largest absolute Gasteiger partial charge is 0.493 e. The highest BCUT2D eigenvalue weighted by atomic mass is 16.5. The Balaban J connectivity index is 1.82. The van der Waals surface area contributed by atoms with Crippen LogP contribution >= 0.6 is 0 Å². The van der Waals surface area contributed by atoms with Crippen molar-refractivity contribution in [1.82, 2.24) is 10.6 Å². The van der Waals surface area contributed by atoms with E-state index in [-0.39, 0.29) is 18.6 Å². The Kier molecular flexibility index (Phi) is 5.24. The fourth-order valence-corrected chi connectivity index (χ4v) is 2.36. The first-order valence-electron chi connectivity index (χ1n) is 6.96. The van der Waals surface area contributed by atoms with E-state index in [0.717, 1.165) is 19.5 Å². The van der Waals surface area contributed by atoms with Crippen molar-refractivity contribution in [2.24, 2.45) is 5.92 Å². The minimum atomic E-state index is -0.0883. The van der Waals surface area contributed by atoms with E-state index in [1.807, 2.05) is 18.2 Å². The van der Waals surface area contributed by atoms with Crippen molar-refractivity contribution < 1.29 is 14.3 Å². The van der Waals surface area contributed by atoms with Crippen LogP contribution in [0.3, 0.4) is 0 Å². The average Bonchev–Trinajstić information content (AvgIpc) is 2.48. The standard InChI is InChI=1S/C15H22N2O3/c1-11-9-16-8-7-12(11)17-15(18)10-20-14-6-4-3-5-13(14)19-2/h3-6,11-12,16H,7-10H2,1-2H3,(H,17,18). The van der Waals surface area contributed by atoms with Crippen LogP contribution in [0.2, 0.25) is 0 Å². The number of para-hydroxylation sites is 2. The minimum absolute atomic E-state index is 0.0109. The minimum Gasteiger partial charge on any atom is -0.493 e. The predicted octanol–water partition coefficient (Wildman–Crippen LogP) is 1.19. The lowest BCUT2D eigenvalue weighted by Gasteiger charge is -2.30. The lowest BCUT2D eigenvalue weighted by atomic mass is 9.95. The van der Waals surface area contributed by atoms with Crippen LogP contribution in [-0.4, -0.2) is 38.8 Å². The first kappa shape index (κ1) is 14.7. The van der Waals surface area contributed by atoms with Gasteiger partial charge in [0.1, 0.15) is 0 Å². The number of nitrogens with one attached hydrogen (secondary N) is 2. The molecule has 1 amide bonds. The maximum Gasteiger partial charge on any atom is 0.258 e.